The first-order valence-electron chi connectivity index (χ1n) is 16.4. The number of hydrogen-bond acceptors (Lipinski definition) is 8. The first kappa shape index (κ1) is 55.4. The van der Waals surface area contributed by atoms with E-state index in [0.29, 0.717) is 43.9 Å². The molecule has 8 nitrogen and oxygen atoms in total. The van der Waals surface area contributed by atoms with Crippen LogP contribution in [0.2, 0.25) is 0 Å². The summed E-state index contributed by atoms with van der Waals surface area (Å²) in [5.74, 6) is 1.40. The molecule has 4 unspecified atom stereocenters. The van der Waals surface area contributed by atoms with Crippen molar-refractivity contribution in [2.24, 2.45) is 53.3 Å². The van der Waals surface area contributed by atoms with Crippen molar-refractivity contribution >= 4 is 29.6 Å². The fourth-order valence-electron chi connectivity index (χ4n) is 7.27. The Morgan fingerprint density at radius 1 is 0.708 bits per heavy atom. The Morgan fingerprint density at radius 3 is 1.44 bits per heavy atom. The zero-order chi connectivity index (χ0) is 32.4. The van der Waals surface area contributed by atoms with Crippen LogP contribution in [0, 0.1) is 141 Å². The number of cyclic esters (lactones) is 1. The number of allylic oxidation sites excluding steroid dienone is 2. The molecule has 2 N–H and O–H groups in total. The summed E-state index contributed by atoms with van der Waals surface area (Å²) in [5, 5.41) is 20.0. The van der Waals surface area contributed by atoms with Gasteiger partial charge in [0, 0.05) is 132 Å². The van der Waals surface area contributed by atoms with Gasteiger partial charge in [0.1, 0.15) is 29.7 Å². The minimum absolute atomic E-state index is 0. The molecule has 3 aliphatic carbocycles. The predicted molar refractivity (Wildman–Crippen MR) is 185 cm³/mol. The van der Waals surface area contributed by atoms with Gasteiger partial charge in [0.25, 0.3) is 0 Å². The maximum absolute atomic E-state index is 11.6. The summed E-state index contributed by atoms with van der Waals surface area (Å²) in [6.45, 7) is 13.9. The molecule has 0 aromatic rings. The second kappa shape index (κ2) is 27.3. The van der Waals surface area contributed by atoms with Crippen molar-refractivity contribution in [3.05, 3.63) is 12.2 Å². The van der Waals surface area contributed by atoms with Gasteiger partial charge in [-0.2, -0.15) is 0 Å². The minimum atomic E-state index is -0.648. The monoisotopic (exact) mass is 1110 g/mol. The third-order valence-corrected chi connectivity index (χ3v) is 10.3. The third kappa shape index (κ3) is 15.7. The number of aldehydes is 1. The topological polar surface area (TPSA) is 135 Å². The molecule has 1 heterocycles. The zero-order valence-corrected chi connectivity index (χ0v) is 38.0. The van der Waals surface area contributed by atoms with Crippen molar-refractivity contribution in [3.8, 4) is 0 Å². The average Bonchev–Trinajstić information content (AvgIpc) is 3.68. The normalized spacial score (nSPS) is 31.4. The number of rotatable bonds is 9. The molecule has 274 valence electrons. The molecule has 48 heavy (non-hydrogen) atoms. The number of carbonyl (C=O) groups excluding carboxylic acids is 5. The van der Waals surface area contributed by atoms with E-state index >= 15 is 0 Å². The molecule has 0 bridgehead atoms. The molecule has 1 aliphatic heterocycles. The summed E-state index contributed by atoms with van der Waals surface area (Å²) in [5.41, 5.74) is 0. The van der Waals surface area contributed by atoms with Crippen LogP contribution in [0.25, 0.3) is 0 Å². The van der Waals surface area contributed by atoms with Crippen LogP contribution in [0.4, 0.5) is 0 Å². The van der Waals surface area contributed by atoms with Crippen LogP contribution in [-0.4, -0.2) is 58.1 Å². The molecule has 4 rings (SSSR count). The van der Waals surface area contributed by atoms with E-state index < -0.39 is 12.2 Å². The maximum atomic E-state index is 11.6. The molecule has 2 radical (unpaired) electrons. The largest absolute Gasteiger partial charge is 0.461 e. The zero-order valence-electron chi connectivity index (χ0n) is 28.5. The number of ketones is 3. The van der Waals surface area contributed by atoms with Crippen LogP contribution >= 0.6 is 0 Å². The van der Waals surface area contributed by atoms with Crippen LogP contribution in [0.1, 0.15) is 129 Å². The summed E-state index contributed by atoms with van der Waals surface area (Å²) < 4.78 is 5.24. The summed E-state index contributed by atoms with van der Waals surface area (Å²) in [7, 11) is 0. The number of esters is 1. The van der Waals surface area contributed by atoms with Gasteiger partial charge in [-0.25, -0.2) is 0 Å². The first-order chi connectivity index (χ1) is 20.2. The van der Waals surface area contributed by atoms with E-state index in [0.717, 1.165) is 32.0 Å². The van der Waals surface area contributed by atoms with E-state index in [2.05, 4.69) is 19.9 Å². The fourth-order valence-corrected chi connectivity index (χ4v) is 7.27. The minimum Gasteiger partial charge on any atom is -0.461 e. The molecule has 3 saturated carbocycles. The van der Waals surface area contributed by atoms with Crippen LogP contribution in [-0.2, 0) is 28.7 Å². The fraction of sp³-hybridized carbons (Fsp3) is 0.816. The van der Waals surface area contributed by atoms with Crippen molar-refractivity contribution in [2.75, 3.05) is 0 Å². The summed E-state index contributed by atoms with van der Waals surface area (Å²) in [6.07, 6.45) is 9.90. The number of aliphatic hydroxyl groups is 2. The summed E-state index contributed by atoms with van der Waals surface area (Å²) >= 11 is 0. The molecule has 0 spiro atoms. The van der Waals surface area contributed by atoms with Crippen molar-refractivity contribution in [2.45, 2.75) is 147 Å². The molecule has 0 aromatic heterocycles. The van der Waals surface area contributed by atoms with Gasteiger partial charge in [0.2, 0.25) is 0 Å². The SMILES string of the molecule is C.C.C.C/C=C/C[C@@H](C)[C@@H](O)[C@H]1C(=O)CCC1C.CC1CCC(=O)[C@@H]1C1OC(=O)C[C@H]1C.CC1CCC(=O)[C@@H]1[C@H](O)[C@H](C)CC=O.[Ac].[Ac]. The van der Waals surface area contributed by atoms with Gasteiger partial charge in [0.05, 0.1) is 24.5 Å². The molecular formula is C38H68Ac2O8. The number of carbonyl (C=O) groups is 5. The van der Waals surface area contributed by atoms with Crippen molar-refractivity contribution in [3.63, 3.8) is 0 Å². The molecule has 0 amide bonds. The van der Waals surface area contributed by atoms with Crippen LogP contribution in [0.15, 0.2) is 12.2 Å². The molecule has 12 atom stereocenters. The Bertz CT molecular complexity index is 1000. The Hall–Kier alpha value is 0.693. The molecule has 10 heteroatoms. The second-order valence-corrected chi connectivity index (χ2v) is 13.8. The van der Waals surface area contributed by atoms with E-state index in [1.807, 2.05) is 40.7 Å². The molecule has 0 aromatic carbocycles. The van der Waals surface area contributed by atoms with Crippen molar-refractivity contribution < 1.29 is 127 Å². The van der Waals surface area contributed by atoms with Gasteiger partial charge in [0.15, 0.2) is 0 Å². The van der Waals surface area contributed by atoms with Crippen molar-refractivity contribution in [1.82, 2.24) is 0 Å². The van der Waals surface area contributed by atoms with E-state index in [1.54, 1.807) is 0 Å². The van der Waals surface area contributed by atoms with E-state index in [9.17, 15) is 34.2 Å². The Labute approximate surface area is 364 Å². The Kier molecular flexibility index (Phi) is 31.6. The Balaban J connectivity index is -0.000000288. The molecule has 4 aliphatic rings. The summed E-state index contributed by atoms with van der Waals surface area (Å²) in [6, 6.07) is 0. The van der Waals surface area contributed by atoms with Crippen LogP contribution < -0.4 is 0 Å². The quantitative estimate of drug-likeness (QED) is 0.141. The van der Waals surface area contributed by atoms with Gasteiger partial charge < -0.3 is 19.7 Å². The van der Waals surface area contributed by atoms with E-state index in [1.165, 1.54) is 0 Å². The summed E-state index contributed by atoms with van der Waals surface area (Å²) in [4.78, 5) is 56.1. The first-order valence-corrected chi connectivity index (χ1v) is 16.4. The Morgan fingerprint density at radius 2 is 1.12 bits per heavy atom. The van der Waals surface area contributed by atoms with E-state index in [4.69, 9.17) is 4.74 Å². The van der Waals surface area contributed by atoms with Gasteiger partial charge in [-0.1, -0.05) is 76.0 Å². The number of hydrogen-bond donors (Lipinski definition) is 2. The molecule has 4 fully saturated rings. The van der Waals surface area contributed by atoms with Crippen LogP contribution in [0.3, 0.4) is 0 Å². The van der Waals surface area contributed by atoms with Gasteiger partial charge in [-0.05, 0) is 62.2 Å². The van der Waals surface area contributed by atoms with Gasteiger partial charge in [-0.3, -0.25) is 19.2 Å². The molecular weight excluding hydrogens is 1040 g/mol. The number of aliphatic hydroxyl groups excluding tert-OH is 2. The number of Topliss-reactive ketones (excluding diaryl/α,β-unsaturated/α-hetero) is 3. The third-order valence-electron chi connectivity index (χ3n) is 10.3. The maximum Gasteiger partial charge on any atom is 0.306 e. The second-order valence-electron chi connectivity index (χ2n) is 13.8. The average molecular weight is 1110 g/mol. The predicted octanol–water partition coefficient (Wildman–Crippen LogP) is 7.21. The smallest absolute Gasteiger partial charge is 0.306 e. The molecule has 1 saturated heterocycles. The van der Waals surface area contributed by atoms with Crippen LogP contribution in [0.5, 0.6) is 0 Å². The van der Waals surface area contributed by atoms with Crippen molar-refractivity contribution in [1.29, 1.82) is 0 Å². The standard InChI is InChI=1S/C13H22O2.C11H16O3.C11H18O3.3CH4.2Ac/c1-4-5-6-10(3)13(15)12-9(2)7-8-11(12)14;1-6-3-4-8(12)10(6)11-7(2)5-9(13)14-11;1-7-3-4-9(13)10(7)11(14)8(2)5-6-12;;;;;/h4-5,9-10,12-13,15H,6-8H2,1-3H3;6-7,10-11H,3-5H2,1-2H3;6-8,10-11,14H,3-5H2,1-2H3;3*1H4;;/b5-4+;;;;;;;/t9?,10-,12-,13-;6?,7-,10-,11?;7?,8-,10-,11-;;;;;/m111...../s1. The number of ether oxygens (including phenoxy) is 1. The van der Waals surface area contributed by atoms with Gasteiger partial charge >= 0.3 is 5.97 Å². The van der Waals surface area contributed by atoms with E-state index in [-0.39, 0.29) is 181 Å². The van der Waals surface area contributed by atoms with Gasteiger partial charge in [-0.15, -0.1) is 0 Å².